The van der Waals surface area contributed by atoms with E-state index in [-0.39, 0.29) is 5.91 Å². The van der Waals surface area contributed by atoms with Crippen molar-refractivity contribution in [2.24, 2.45) is 0 Å². The molecule has 4 rings (SSSR count). The molecular formula is C22H22N4O4S. The van der Waals surface area contributed by atoms with Crippen molar-refractivity contribution in [3.63, 3.8) is 0 Å². The first kappa shape index (κ1) is 21.0. The third kappa shape index (κ3) is 4.57. The van der Waals surface area contributed by atoms with Crippen molar-refractivity contribution in [2.75, 3.05) is 5.32 Å². The number of aromatic nitrogens is 3. The third-order valence-electron chi connectivity index (χ3n) is 4.77. The number of anilines is 1. The van der Waals surface area contributed by atoms with E-state index in [9.17, 15) is 14.7 Å². The summed E-state index contributed by atoms with van der Waals surface area (Å²) in [6.45, 7) is 5.67. The van der Waals surface area contributed by atoms with Crippen molar-refractivity contribution >= 4 is 40.5 Å². The van der Waals surface area contributed by atoms with E-state index in [0.717, 1.165) is 16.7 Å². The molecule has 160 valence electrons. The Hall–Kier alpha value is -3.30. The predicted octanol–water partition coefficient (Wildman–Crippen LogP) is 4.29. The summed E-state index contributed by atoms with van der Waals surface area (Å²) < 4.78 is 7.37. The summed E-state index contributed by atoms with van der Waals surface area (Å²) in [7, 11) is 0. The molecule has 3 aromatic heterocycles. The molecule has 8 nitrogen and oxygen atoms in total. The molecule has 0 aliphatic heterocycles. The molecule has 0 aliphatic carbocycles. The molecule has 3 heterocycles. The molecule has 31 heavy (non-hydrogen) atoms. The number of amides is 1. The monoisotopic (exact) mass is 438 g/mol. The molecule has 0 aliphatic rings. The van der Waals surface area contributed by atoms with Gasteiger partial charge in [0, 0.05) is 19.0 Å². The molecule has 1 amide bonds. The van der Waals surface area contributed by atoms with E-state index in [1.54, 1.807) is 51.2 Å². The van der Waals surface area contributed by atoms with Crippen molar-refractivity contribution in [2.45, 2.75) is 39.3 Å². The Morgan fingerprint density at radius 3 is 2.81 bits per heavy atom. The fourth-order valence-corrected chi connectivity index (χ4v) is 4.01. The lowest BCUT2D eigenvalue weighted by molar-refractivity contribution is 0.0667. The average molecular weight is 439 g/mol. The number of hydrogen-bond acceptors (Lipinski definition) is 7. The van der Waals surface area contributed by atoms with Gasteiger partial charge in [0.25, 0.3) is 5.91 Å². The van der Waals surface area contributed by atoms with Crippen molar-refractivity contribution < 1.29 is 19.1 Å². The van der Waals surface area contributed by atoms with Gasteiger partial charge in [-0.25, -0.2) is 9.97 Å². The van der Waals surface area contributed by atoms with Gasteiger partial charge in [-0.05, 0) is 50.6 Å². The maximum Gasteiger partial charge on any atom is 0.268 e. The summed E-state index contributed by atoms with van der Waals surface area (Å²) in [5.41, 5.74) is 0.995. The smallest absolute Gasteiger partial charge is 0.268 e. The van der Waals surface area contributed by atoms with Crippen LogP contribution in [-0.4, -0.2) is 37.4 Å². The Morgan fingerprint density at radius 1 is 1.32 bits per heavy atom. The quantitative estimate of drug-likeness (QED) is 0.417. The molecule has 0 unspecified atom stereocenters. The topological polar surface area (TPSA) is 110 Å². The normalized spacial score (nSPS) is 11.7. The number of aryl methyl sites for hydroxylation is 2. The second kappa shape index (κ2) is 8.09. The number of fused-ring (bicyclic) bond motifs is 1. The molecule has 0 spiro atoms. The SMILES string of the molecule is Cc1ncc(-c2ccc(C(=O)Nc3nc4cc(C=O)ccc4n3CCC(C)(C)O)s2)o1. The molecule has 0 saturated carbocycles. The highest BCUT2D eigenvalue weighted by molar-refractivity contribution is 7.17. The van der Waals surface area contributed by atoms with Gasteiger partial charge in [0.05, 0.1) is 32.6 Å². The molecular weight excluding hydrogens is 416 g/mol. The zero-order valence-corrected chi connectivity index (χ0v) is 18.2. The van der Waals surface area contributed by atoms with E-state index < -0.39 is 5.60 Å². The van der Waals surface area contributed by atoms with Gasteiger partial charge in [-0.2, -0.15) is 0 Å². The molecule has 1 aromatic carbocycles. The van der Waals surface area contributed by atoms with Crippen molar-refractivity contribution in [1.29, 1.82) is 0 Å². The maximum atomic E-state index is 12.9. The third-order valence-corrected chi connectivity index (χ3v) is 5.87. The number of aliphatic hydroxyl groups is 1. The lowest BCUT2D eigenvalue weighted by atomic mass is 10.1. The highest BCUT2D eigenvalue weighted by Crippen LogP contribution is 2.30. The van der Waals surface area contributed by atoms with E-state index in [4.69, 9.17) is 4.42 Å². The maximum absolute atomic E-state index is 12.9. The van der Waals surface area contributed by atoms with Gasteiger partial charge >= 0.3 is 0 Å². The summed E-state index contributed by atoms with van der Waals surface area (Å²) in [5, 5.41) is 13.0. The number of carbonyl (C=O) groups excluding carboxylic acids is 2. The average Bonchev–Trinajstić information content (AvgIpc) is 3.43. The summed E-state index contributed by atoms with van der Waals surface area (Å²) in [6.07, 6.45) is 2.85. The second-order valence-electron chi connectivity index (χ2n) is 7.88. The Labute approximate surface area is 182 Å². The van der Waals surface area contributed by atoms with Crippen LogP contribution in [0.4, 0.5) is 5.95 Å². The first-order chi connectivity index (χ1) is 14.7. The van der Waals surface area contributed by atoms with Crippen LogP contribution in [0.1, 0.15) is 46.2 Å². The van der Waals surface area contributed by atoms with Gasteiger partial charge in [0.15, 0.2) is 11.7 Å². The number of aldehydes is 1. The zero-order valence-electron chi connectivity index (χ0n) is 17.4. The zero-order chi connectivity index (χ0) is 22.2. The van der Waals surface area contributed by atoms with Gasteiger partial charge in [-0.1, -0.05) is 0 Å². The molecule has 0 saturated heterocycles. The molecule has 2 N–H and O–H groups in total. The highest BCUT2D eigenvalue weighted by Gasteiger charge is 2.20. The van der Waals surface area contributed by atoms with Crippen molar-refractivity contribution in [3.05, 3.63) is 52.9 Å². The predicted molar refractivity (Wildman–Crippen MR) is 119 cm³/mol. The van der Waals surface area contributed by atoms with E-state index in [1.807, 2.05) is 10.6 Å². The van der Waals surface area contributed by atoms with Crippen LogP contribution in [0.15, 0.2) is 40.9 Å². The summed E-state index contributed by atoms with van der Waals surface area (Å²) in [4.78, 5) is 34.0. The van der Waals surface area contributed by atoms with Gasteiger partial charge in [-0.3, -0.25) is 14.9 Å². The highest BCUT2D eigenvalue weighted by atomic mass is 32.1. The Bertz CT molecular complexity index is 1260. The number of thiophene rings is 1. The van der Waals surface area contributed by atoms with Gasteiger partial charge in [0.1, 0.15) is 6.29 Å². The number of rotatable bonds is 7. The van der Waals surface area contributed by atoms with Crippen LogP contribution in [0.25, 0.3) is 21.7 Å². The first-order valence-corrected chi connectivity index (χ1v) is 10.6. The van der Waals surface area contributed by atoms with Crippen LogP contribution in [0.5, 0.6) is 0 Å². The number of nitrogens with zero attached hydrogens (tertiary/aromatic N) is 3. The summed E-state index contributed by atoms with van der Waals surface area (Å²) in [5.74, 6) is 1.23. The lowest BCUT2D eigenvalue weighted by Gasteiger charge is -2.18. The van der Waals surface area contributed by atoms with Crippen LogP contribution < -0.4 is 5.32 Å². The largest absolute Gasteiger partial charge is 0.440 e. The molecule has 0 fully saturated rings. The summed E-state index contributed by atoms with van der Waals surface area (Å²) in [6, 6.07) is 8.71. The molecule has 4 aromatic rings. The minimum atomic E-state index is -0.877. The Kier molecular flexibility index (Phi) is 5.47. The number of hydrogen-bond donors (Lipinski definition) is 2. The van der Waals surface area contributed by atoms with Crippen LogP contribution >= 0.6 is 11.3 Å². The molecule has 0 bridgehead atoms. The Balaban J connectivity index is 1.64. The molecule has 0 radical (unpaired) electrons. The lowest BCUT2D eigenvalue weighted by Crippen LogP contribution is -2.22. The number of benzene rings is 1. The van der Waals surface area contributed by atoms with Gasteiger partial charge < -0.3 is 14.1 Å². The van der Waals surface area contributed by atoms with Crippen molar-refractivity contribution in [3.8, 4) is 10.6 Å². The summed E-state index contributed by atoms with van der Waals surface area (Å²) >= 11 is 1.29. The Morgan fingerprint density at radius 2 is 2.13 bits per heavy atom. The standard InChI is InChI=1S/C22H22N4O4S/c1-13-23-11-17(30-13)18-6-7-19(31-18)20(28)25-21-24-15-10-14(12-27)4-5-16(15)26(21)9-8-22(2,3)29/h4-7,10-12,29H,8-9H2,1-3H3,(H,24,25,28). The number of oxazole rings is 1. The minimum absolute atomic E-state index is 0.303. The van der Waals surface area contributed by atoms with Gasteiger partial charge in [0.2, 0.25) is 5.95 Å². The van der Waals surface area contributed by atoms with E-state index in [1.165, 1.54) is 11.3 Å². The van der Waals surface area contributed by atoms with Crippen LogP contribution in [-0.2, 0) is 6.54 Å². The number of imidazole rings is 1. The van der Waals surface area contributed by atoms with Crippen LogP contribution in [0.3, 0.4) is 0 Å². The van der Waals surface area contributed by atoms with Crippen LogP contribution in [0, 0.1) is 6.92 Å². The van der Waals surface area contributed by atoms with E-state index in [2.05, 4.69) is 15.3 Å². The van der Waals surface area contributed by atoms with Gasteiger partial charge in [-0.15, -0.1) is 11.3 Å². The van der Waals surface area contributed by atoms with E-state index in [0.29, 0.717) is 46.5 Å². The first-order valence-electron chi connectivity index (χ1n) is 9.75. The molecule has 0 atom stereocenters. The molecule has 9 heteroatoms. The second-order valence-corrected chi connectivity index (χ2v) is 8.96. The number of carbonyl (C=O) groups is 2. The van der Waals surface area contributed by atoms with Crippen molar-refractivity contribution in [1.82, 2.24) is 14.5 Å². The minimum Gasteiger partial charge on any atom is -0.440 e. The van der Waals surface area contributed by atoms with Crippen LogP contribution in [0.2, 0.25) is 0 Å². The van der Waals surface area contributed by atoms with E-state index >= 15 is 0 Å². The number of nitrogens with one attached hydrogen (secondary N) is 1. The fourth-order valence-electron chi connectivity index (χ4n) is 3.16. The fraction of sp³-hybridized carbons (Fsp3) is 0.273.